The van der Waals surface area contributed by atoms with Gasteiger partial charge in [-0.2, -0.15) is 5.10 Å². The van der Waals surface area contributed by atoms with Gasteiger partial charge in [0.25, 0.3) is 0 Å². The second-order valence-corrected chi connectivity index (χ2v) is 6.45. The van der Waals surface area contributed by atoms with E-state index in [1.54, 1.807) is 14.2 Å². The van der Waals surface area contributed by atoms with Crippen LogP contribution in [0, 0.1) is 6.92 Å². The molecular formula is C22H27N3O2. The van der Waals surface area contributed by atoms with Crippen LogP contribution >= 0.6 is 0 Å². The van der Waals surface area contributed by atoms with Gasteiger partial charge in [0.2, 0.25) is 0 Å². The van der Waals surface area contributed by atoms with Gasteiger partial charge < -0.3 is 14.8 Å². The molecule has 5 heteroatoms. The van der Waals surface area contributed by atoms with Gasteiger partial charge in [-0.1, -0.05) is 30.3 Å². The van der Waals surface area contributed by atoms with Gasteiger partial charge in [-0.05, 0) is 50.1 Å². The number of aryl methyl sites for hydroxylation is 2. The summed E-state index contributed by atoms with van der Waals surface area (Å²) in [4.78, 5) is 0. The fourth-order valence-electron chi connectivity index (χ4n) is 3.17. The van der Waals surface area contributed by atoms with E-state index >= 15 is 0 Å². The van der Waals surface area contributed by atoms with Crippen LogP contribution in [0.3, 0.4) is 0 Å². The van der Waals surface area contributed by atoms with Crippen LogP contribution in [0.1, 0.15) is 23.2 Å². The predicted octanol–water partition coefficient (Wildman–Crippen LogP) is 3.92. The molecule has 0 radical (unpaired) electrons. The summed E-state index contributed by atoms with van der Waals surface area (Å²) in [5.41, 5.74) is 4.58. The Kier molecular flexibility index (Phi) is 6.49. The summed E-state index contributed by atoms with van der Waals surface area (Å²) < 4.78 is 12.8. The van der Waals surface area contributed by atoms with Crippen LogP contribution in [0.4, 0.5) is 0 Å². The topological polar surface area (TPSA) is 48.3 Å². The molecule has 27 heavy (non-hydrogen) atoms. The second kappa shape index (κ2) is 9.24. The molecule has 0 fully saturated rings. The maximum absolute atomic E-state index is 5.48. The van der Waals surface area contributed by atoms with Gasteiger partial charge in [0.1, 0.15) is 0 Å². The number of aromatic nitrogens is 2. The number of ether oxygens (including phenoxy) is 2. The molecule has 0 aliphatic rings. The summed E-state index contributed by atoms with van der Waals surface area (Å²) in [6.45, 7) is 3.75. The fourth-order valence-corrected chi connectivity index (χ4v) is 3.17. The lowest BCUT2D eigenvalue weighted by Gasteiger charge is -2.13. The molecule has 0 spiro atoms. The predicted molar refractivity (Wildman–Crippen MR) is 108 cm³/mol. The number of methoxy groups -OCH3 is 2. The van der Waals surface area contributed by atoms with E-state index in [4.69, 9.17) is 9.47 Å². The molecule has 0 saturated carbocycles. The van der Waals surface area contributed by atoms with Crippen molar-refractivity contribution >= 4 is 0 Å². The molecule has 0 saturated heterocycles. The van der Waals surface area contributed by atoms with Crippen LogP contribution in [-0.2, 0) is 13.0 Å². The number of hydrogen-bond donors (Lipinski definition) is 1. The summed E-state index contributed by atoms with van der Waals surface area (Å²) in [5, 5.41) is 8.13. The Bertz CT molecular complexity index is 859. The lowest BCUT2D eigenvalue weighted by atomic mass is 10.1. The first-order valence-corrected chi connectivity index (χ1v) is 9.24. The number of rotatable bonds is 9. The van der Waals surface area contributed by atoms with Crippen LogP contribution in [0.25, 0.3) is 5.69 Å². The van der Waals surface area contributed by atoms with Gasteiger partial charge >= 0.3 is 0 Å². The van der Waals surface area contributed by atoms with Crippen LogP contribution in [0.5, 0.6) is 11.5 Å². The molecule has 0 aliphatic heterocycles. The smallest absolute Gasteiger partial charge is 0.165 e. The zero-order chi connectivity index (χ0) is 19.1. The molecule has 0 unspecified atom stereocenters. The highest BCUT2D eigenvalue weighted by Gasteiger charge is 2.09. The van der Waals surface area contributed by atoms with E-state index in [2.05, 4.69) is 41.7 Å². The summed E-state index contributed by atoms with van der Waals surface area (Å²) in [7, 11) is 3.33. The van der Waals surface area contributed by atoms with Crippen LogP contribution in [0.2, 0.25) is 0 Å². The van der Waals surface area contributed by atoms with Crippen LogP contribution in [0.15, 0.2) is 54.7 Å². The molecule has 0 atom stereocenters. The molecular weight excluding hydrogens is 338 g/mol. The minimum absolute atomic E-state index is 0.753. The average Bonchev–Trinajstić information content (AvgIpc) is 3.08. The molecule has 0 aliphatic carbocycles. The van der Waals surface area contributed by atoms with Gasteiger partial charge in [0.15, 0.2) is 11.5 Å². The minimum Gasteiger partial charge on any atom is -0.493 e. The summed E-state index contributed by atoms with van der Waals surface area (Å²) in [6.07, 6.45) is 4.18. The number of hydrogen-bond acceptors (Lipinski definition) is 4. The molecule has 2 aromatic carbocycles. The van der Waals surface area contributed by atoms with Gasteiger partial charge in [0, 0.05) is 18.3 Å². The largest absolute Gasteiger partial charge is 0.493 e. The Morgan fingerprint density at radius 3 is 2.52 bits per heavy atom. The number of nitrogens with one attached hydrogen (secondary N) is 1. The Morgan fingerprint density at radius 2 is 1.78 bits per heavy atom. The quantitative estimate of drug-likeness (QED) is 0.584. The Hall–Kier alpha value is -2.79. The summed E-state index contributed by atoms with van der Waals surface area (Å²) in [5.74, 6) is 1.56. The van der Waals surface area contributed by atoms with E-state index in [1.165, 1.54) is 5.56 Å². The molecule has 142 valence electrons. The minimum atomic E-state index is 0.753. The lowest BCUT2D eigenvalue weighted by Crippen LogP contribution is -2.16. The second-order valence-electron chi connectivity index (χ2n) is 6.45. The van der Waals surface area contributed by atoms with Crippen molar-refractivity contribution in [2.45, 2.75) is 26.3 Å². The van der Waals surface area contributed by atoms with Crippen molar-refractivity contribution < 1.29 is 9.47 Å². The molecule has 5 nitrogen and oxygen atoms in total. The SMILES string of the molecule is COc1cccc(CNCCCc2cn(-c3ccccc3)nc2C)c1OC. The zero-order valence-electron chi connectivity index (χ0n) is 16.2. The fraction of sp³-hybridized carbons (Fsp3) is 0.318. The first-order valence-electron chi connectivity index (χ1n) is 9.24. The Labute approximate surface area is 160 Å². The maximum Gasteiger partial charge on any atom is 0.165 e. The van der Waals surface area contributed by atoms with Gasteiger partial charge in [-0.15, -0.1) is 0 Å². The molecule has 0 amide bonds. The van der Waals surface area contributed by atoms with Crippen LogP contribution < -0.4 is 14.8 Å². The normalized spacial score (nSPS) is 10.8. The standard InChI is InChI=1S/C22H27N3O2/c1-17-19(16-25(24-17)20-11-5-4-6-12-20)10-8-14-23-15-18-9-7-13-21(26-2)22(18)27-3/h4-7,9,11-13,16,23H,8,10,14-15H2,1-3H3. The third-order valence-corrected chi connectivity index (χ3v) is 4.62. The third kappa shape index (κ3) is 4.68. The Morgan fingerprint density at radius 1 is 0.963 bits per heavy atom. The monoisotopic (exact) mass is 365 g/mol. The first-order chi connectivity index (χ1) is 13.2. The van der Waals surface area contributed by atoms with E-state index in [0.29, 0.717) is 0 Å². The maximum atomic E-state index is 5.48. The van der Waals surface area contributed by atoms with Crippen molar-refractivity contribution in [3.8, 4) is 17.2 Å². The van der Waals surface area contributed by atoms with Gasteiger partial charge in [-0.3, -0.25) is 0 Å². The summed E-state index contributed by atoms with van der Waals surface area (Å²) in [6, 6.07) is 16.2. The summed E-state index contributed by atoms with van der Waals surface area (Å²) >= 11 is 0. The van der Waals surface area contributed by atoms with E-state index < -0.39 is 0 Å². The number of para-hydroxylation sites is 2. The highest BCUT2D eigenvalue weighted by Crippen LogP contribution is 2.30. The van der Waals surface area contributed by atoms with Crippen molar-refractivity contribution in [3.63, 3.8) is 0 Å². The van der Waals surface area contributed by atoms with E-state index in [1.807, 2.05) is 35.0 Å². The molecule has 0 bridgehead atoms. The number of nitrogens with zero attached hydrogens (tertiary/aromatic N) is 2. The first kappa shape index (κ1) is 19.0. The highest BCUT2D eigenvalue weighted by molar-refractivity contribution is 5.46. The molecule has 1 N–H and O–H groups in total. The van der Waals surface area contributed by atoms with Crippen molar-refractivity contribution in [2.24, 2.45) is 0 Å². The zero-order valence-corrected chi connectivity index (χ0v) is 16.2. The van der Waals surface area contributed by atoms with Crippen molar-refractivity contribution in [3.05, 3.63) is 71.5 Å². The average molecular weight is 365 g/mol. The van der Waals surface area contributed by atoms with Crippen molar-refractivity contribution in [2.75, 3.05) is 20.8 Å². The number of benzene rings is 2. The highest BCUT2D eigenvalue weighted by atomic mass is 16.5. The van der Waals surface area contributed by atoms with Crippen molar-refractivity contribution in [1.29, 1.82) is 0 Å². The Balaban J connectivity index is 1.51. The van der Waals surface area contributed by atoms with Gasteiger partial charge in [0.05, 0.1) is 25.6 Å². The lowest BCUT2D eigenvalue weighted by molar-refractivity contribution is 0.350. The molecule has 3 rings (SSSR count). The molecule has 3 aromatic rings. The van der Waals surface area contributed by atoms with Gasteiger partial charge in [-0.25, -0.2) is 4.68 Å². The molecule has 1 heterocycles. The van der Waals surface area contributed by atoms with E-state index in [9.17, 15) is 0 Å². The van der Waals surface area contributed by atoms with E-state index in [-0.39, 0.29) is 0 Å². The van der Waals surface area contributed by atoms with Crippen molar-refractivity contribution in [1.82, 2.24) is 15.1 Å². The van der Waals surface area contributed by atoms with E-state index in [0.717, 1.165) is 54.4 Å². The van der Waals surface area contributed by atoms with Crippen LogP contribution in [-0.4, -0.2) is 30.5 Å². The molecule has 1 aromatic heterocycles. The third-order valence-electron chi connectivity index (χ3n) is 4.62.